The summed E-state index contributed by atoms with van der Waals surface area (Å²) in [6.45, 7) is 4.54. The van der Waals surface area contributed by atoms with Gasteiger partial charge in [-0.15, -0.1) is 11.3 Å². The highest BCUT2D eigenvalue weighted by Gasteiger charge is 2.37. The van der Waals surface area contributed by atoms with Crippen LogP contribution in [0.25, 0.3) is 0 Å². The summed E-state index contributed by atoms with van der Waals surface area (Å²) < 4.78 is 0. The van der Waals surface area contributed by atoms with Gasteiger partial charge in [-0.05, 0) is 44.4 Å². The highest BCUT2D eigenvalue weighted by Crippen LogP contribution is 2.44. The minimum absolute atomic E-state index is 0.743. The minimum atomic E-state index is 0.743. The Hall–Kier alpha value is -0.340. The lowest BCUT2D eigenvalue weighted by molar-refractivity contribution is 0.197. The molecule has 0 amide bonds. The quantitative estimate of drug-likeness (QED) is 0.765. The summed E-state index contributed by atoms with van der Waals surface area (Å²) in [5.74, 6) is 1.62. The van der Waals surface area contributed by atoms with Gasteiger partial charge in [0.15, 0.2) is 0 Å². The number of nitrogens with one attached hydrogen (secondary N) is 1. The van der Waals surface area contributed by atoms with E-state index >= 15 is 0 Å². The molecule has 3 unspecified atom stereocenters. The van der Waals surface area contributed by atoms with E-state index in [9.17, 15) is 0 Å². The largest absolute Gasteiger partial charge is 0.317 e. The van der Waals surface area contributed by atoms with Crippen LogP contribution in [0, 0.1) is 12.8 Å². The van der Waals surface area contributed by atoms with Crippen molar-refractivity contribution in [2.45, 2.75) is 32.2 Å². The number of hydrogen-bond acceptors (Lipinski definition) is 2. The van der Waals surface area contributed by atoms with Crippen molar-refractivity contribution in [3.63, 3.8) is 0 Å². The Morgan fingerprint density at radius 2 is 2.23 bits per heavy atom. The summed E-state index contributed by atoms with van der Waals surface area (Å²) in [7, 11) is 2.07. The van der Waals surface area contributed by atoms with E-state index in [2.05, 4.69) is 38.3 Å². The van der Waals surface area contributed by atoms with Crippen LogP contribution < -0.4 is 5.32 Å². The first-order valence-electron chi connectivity index (χ1n) is 4.96. The summed E-state index contributed by atoms with van der Waals surface area (Å²) in [6, 6.07) is 5.28. The predicted octanol–water partition coefficient (Wildman–Crippen LogP) is 2.77. The molecule has 0 saturated heterocycles. The molecule has 1 N–H and O–H groups in total. The van der Waals surface area contributed by atoms with Crippen molar-refractivity contribution in [3.05, 3.63) is 21.9 Å². The molecule has 0 bridgehead atoms. The lowest BCUT2D eigenvalue weighted by Gasteiger charge is -2.42. The summed E-state index contributed by atoms with van der Waals surface area (Å²) in [5, 5.41) is 3.36. The molecule has 0 aliphatic heterocycles. The number of thiophene rings is 1. The van der Waals surface area contributed by atoms with E-state index in [0.29, 0.717) is 0 Å². The number of hydrogen-bond donors (Lipinski definition) is 1. The second kappa shape index (κ2) is 3.43. The molecule has 1 aliphatic carbocycles. The van der Waals surface area contributed by atoms with Crippen LogP contribution in [0.4, 0.5) is 0 Å². The molecule has 0 radical (unpaired) electrons. The van der Waals surface area contributed by atoms with Gasteiger partial charge in [0.2, 0.25) is 0 Å². The average Bonchev–Trinajstić information content (AvgIpc) is 2.50. The first kappa shape index (κ1) is 9.22. The Labute approximate surface area is 84.2 Å². The minimum Gasteiger partial charge on any atom is -0.317 e. The monoisotopic (exact) mass is 195 g/mol. The highest BCUT2D eigenvalue weighted by molar-refractivity contribution is 7.12. The molecule has 1 saturated carbocycles. The molecule has 2 heteroatoms. The van der Waals surface area contributed by atoms with E-state index in [-0.39, 0.29) is 0 Å². The molecule has 1 aromatic heterocycles. The van der Waals surface area contributed by atoms with Gasteiger partial charge < -0.3 is 5.32 Å². The topological polar surface area (TPSA) is 12.0 Å². The molecule has 3 atom stereocenters. The van der Waals surface area contributed by atoms with Gasteiger partial charge in [-0.1, -0.05) is 6.92 Å². The average molecular weight is 195 g/mol. The second-order valence-electron chi connectivity index (χ2n) is 4.04. The number of rotatable bonds is 2. The summed E-state index contributed by atoms with van der Waals surface area (Å²) >= 11 is 1.96. The van der Waals surface area contributed by atoms with Gasteiger partial charge in [0.25, 0.3) is 0 Å². The number of aryl methyl sites for hydroxylation is 1. The third-order valence-electron chi connectivity index (χ3n) is 3.27. The van der Waals surface area contributed by atoms with Crippen molar-refractivity contribution in [2.24, 2.45) is 5.92 Å². The van der Waals surface area contributed by atoms with Crippen LogP contribution in [-0.2, 0) is 0 Å². The van der Waals surface area contributed by atoms with Crippen LogP contribution in [0.1, 0.15) is 29.0 Å². The van der Waals surface area contributed by atoms with Crippen molar-refractivity contribution in [3.8, 4) is 0 Å². The molecule has 1 nitrogen and oxygen atoms in total. The predicted molar refractivity (Wildman–Crippen MR) is 58.4 cm³/mol. The van der Waals surface area contributed by atoms with Gasteiger partial charge in [0.1, 0.15) is 0 Å². The van der Waals surface area contributed by atoms with Gasteiger partial charge in [0.05, 0.1) is 0 Å². The smallest absolute Gasteiger partial charge is 0.0102 e. The third kappa shape index (κ3) is 1.53. The fourth-order valence-electron chi connectivity index (χ4n) is 2.20. The SMILES string of the molecule is CNC1CC(c2ccc(C)s2)C1C. The van der Waals surface area contributed by atoms with Crippen LogP contribution in [0.15, 0.2) is 12.1 Å². The van der Waals surface area contributed by atoms with Crippen molar-refractivity contribution in [1.82, 2.24) is 5.32 Å². The van der Waals surface area contributed by atoms with Crippen LogP contribution in [0.3, 0.4) is 0 Å². The molecular formula is C11H17NS. The normalized spacial score (nSPS) is 33.0. The van der Waals surface area contributed by atoms with Gasteiger partial charge in [-0.2, -0.15) is 0 Å². The standard InChI is InChI=1S/C11H17NS/c1-7-4-5-11(13-7)9-6-10(12-3)8(9)2/h4-5,8-10,12H,6H2,1-3H3. The van der Waals surface area contributed by atoms with Crippen LogP contribution in [-0.4, -0.2) is 13.1 Å². The maximum atomic E-state index is 3.36. The van der Waals surface area contributed by atoms with E-state index < -0.39 is 0 Å². The Balaban J connectivity index is 2.05. The Morgan fingerprint density at radius 1 is 1.46 bits per heavy atom. The van der Waals surface area contributed by atoms with E-state index in [0.717, 1.165) is 17.9 Å². The molecule has 1 aromatic rings. The van der Waals surface area contributed by atoms with Crippen molar-refractivity contribution >= 4 is 11.3 Å². The molecule has 0 aromatic carbocycles. The molecule has 72 valence electrons. The van der Waals surface area contributed by atoms with E-state index in [4.69, 9.17) is 0 Å². The van der Waals surface area contributed by atoms with Gasteiger partial charge in [-0.3, -0.25) is 0 Å². The fraction of sp³-hybridized carbons (Fsp3) is 0.636. The lowest BCUT2D eigenvalue weighted by atomic mass is 9.70. The first-order chi connectivity index (χ1) is 6.22. The van der Waals surface area contributed by atoms with Crippen molar-refractivity contribution in [1.29, 1.82) is 0 Å². The second-order valence-corrected chi connectivity index (χ2v) is 5.36. The van der Waals surface area contributed by atoms with E-state index in [1.165, 1.54) is 11.3 Å². The maximum Gasteiger partial charge on any atom is 0.0102 e. The Bertz CT molecular complexity index is 292. The van der Waals surface area contributed by atoms with Crippen LogP contribution >= 0.6 is 11.3 Å². The zero-order chi connectivity index (χ0) is 9.42. The molecule has 2 rings (SSSR count). The molecule has 0 spiro atoms. The van der Waals surface area contributed by atoms with Gasteiger partial charge >= 0.3 is 0 Å². The van der Waals surface area contributed by atoms with E-state index in [1.54, 1.807) is 4.88 Å². The molecular weight excluding hydrogens is 178 g/mol. The molecule has 1 heterocycles. The molecule has 13 heavy (non-hydrogen) atoms. The summed E-state index contributed by atoms with van der Waals surface area (Å²) in [4.78, 5) is 3.02. The van der Waals surface area contributed by atoms with E-state index in [1.807, 2.05) is 11.3 Å². The lowest BCUT2D eigenvalue weighted by Crippen LogP contribution is -2.45. The van der Waals surface area contributed by atoms with Crippen molar-refractivity contribution < 1.29 is 0 Å². The Morgan fingerprint density at radius 3 is 2.69 bits per heavy atom. The Kier molecular flexibility index (Phi) is 2.43. The summed E-state index contributed by atoms with van der Waals surface area (Å²) in [5.41, 5.74) is 0. The molecule has 1 fully saturated rings. The zero-order valence-corrected chi connectivity index (χ0v) is 9.32. The van der Waals surface area contributed by atoms with Gasteiger partial charge in [0, 0.05) is 15.8 Å². The third-order valence-corrected chi connectivity index (χ3v) is 4.41. The van der Waals surface area contributed by atoms with Crippen LogP contribution in [0.2, 0.25) is 0 Å². The van der Waals surface area contributed by atoms with Crippen molar-refractivity contribution in [2.75, 3.05) is 7.05 Å². The highest BCUT2D eigenvalue weighted by atomic mass is 32.1. The van der Waals surface area contributed by atoms with Gasteiger partial charge in [-0.25, -0.2) is 0 Å². The molecule has 1 aliphatic rings. The maximum absolute atomic E-state index is 3.36. The zero-order valence-electron chi connectivity index (χ0n) is 8.50. The van der Waals surface area contributed by atoms with Crippen LogP contribution in [0.5, 0.6) is 0 Å². The summed E-state index contributed by atoms with van der Waals surface area (Å²) in [6.07, 6.45) is 1.32. The first-order valence-corrected chi connectivity index (χ1v) is 5.77. The fourth-order valence-corrected chi connectivity index (χ4v) is 3.30.